The number of hydrogen-bond donors (Lipinski definition) is 0. The molecule has 2 aromatic heterocycles. The number of benzene rings is 2. The number of carbonyl (C=O) groups is 2. The number of anilines is 1. The molecule has 8 heteroatoms. The van der Waals surface area contributed by atoms with Crippen LogP contribution in [0.25, 0.3) is 11.1 Å². The van der Waals surface area contributed by atoms with Crippen molar-refractivity contribution in [2.45, 2.75) is 39.5 Å². The van der Waals surface area contributed by atoms with Crippen LogP contribution < -0.4 is 4.90 Å². The van der Waals surface area contributed by atoms with Crippen LogP contribution in [0.3, 0.4) is 0 Å². The minimum Gasteiger partial charge on any atom is -0.465 e. The normalized spacial score (nSPS) is 17.1. The van der Waals surface area contributed by atoms with Gasteiger partial charge in [-0.15, -0.1) is 11.3 Å². The zero-order chi connectivity index (χ0) is 27.8. The summed E-state index contributed by atoms with van der Waals surface area (Å²) in [6.07, 6.45) is 6.05. The number of thioether (sulfide) groups is 1. The van der Waals surface area contributed by atoms with E-state index in [4.69, 9.17) is 9.73 Å². The van der Waals surface area contributed by atoms with Crippen molar-refractivity contribution >= 4 is 57.6 Å². The number of aromatic nitrogens is 1. The molecule has 6 nitrogen and oxygen atoms in total. The van der Waals surface area contributed by atoms with Crippen molar-refractivity contribution < 1.29 is 14.3 Å². The maximum Gasteiger partial charge on any atom is 0.341 e. The molecular formula is C32H29N3O3S2. The molecule has 0 unspecified atom stereocenters. The van der Waals surface area contributed by atoms with E-state index in [1.54, 1.807) is 16.2 Å². The summed E-state index contributed by atoms with van der Waals surface area (Å²) in [5.41, 5.74) is 6.29. The molecule has 1 amide bonds. The van der Waals surface area contributed by atoms with Gasteiger partial charge in [0, 0.05) is 16.3 Å². The Hall–Kier alpha value is -3.88. The van der Waals surface area contributed by atoms with Gasteiger partial charge >= 0.3 is 5.97 Å². The smallest absolute Gasteiger partial charge is 0.341 e. The molecule has 3 heterocycles. The van der Waals surface area contributed by atoms with Gasteiger partial charge in [-0.2, -0.15) is 0 Å². The lowest BCUT2D eigenvalue weighted by molar-refractivity contribution is -0.113. The van der Waals surface area contributed by atoms with Gasteiger partial charge in [-0.1, -0.05) is 36.4 Å². The molecule has 2 aliphatic rings. The fraction of sp³-hybridized carbons (Fsp3) is 0.219. The number of amides is 1. The minimum atomic E-state index is -0.288. The van der Waals surface area contributed by atoms with Crippen LogP contribution in [-0.2, 0) is 22.4 Å². The van der Waals surface area contributed by atoms with E-state index < -0.39 is 0 Å². The SMILES string of the molecule is COC(=O)c1c(-n2c(C)cc(/C=C3\SC(=Nc4ccccc4)N(c4ccccc4)C3=O)c2C)sc2c1CCCC2. The lowest BCUT2D eigenvalue weighted by atomic mass is 9.95. The van der Waals surface area contributed by atoms with E-state index >= 15 is 0 Å². The standard InChI is InChI=1S/C32H29N3O3S2/c1-20-18-22(21(2)34(20)30-28(31(37)38-3)25-16-10-11-17-26(25)39-30)19-27-29(36)35(24-14-8-5-9-15-24)32(40-27)33-23-12-6-4-7-13-23/h4-9,12-15,18-19H,10-11,16-17H2,1-3H3/b27-19-,33-32?. The number of ether oxygens (including phenoxy) is 1. The maximum absolute atomic E-state index is 13.8. The zero-order valence-electron chi connectivity index (χ0n) is 22.6. The molecule has 1 fully saturated rings. The van der Waals surface area contributed by atoms with Crippen LogP contribution in [0.15, 0.2) is 76.6 Å². The quantitative estimate of drug-likeness (QED) is 0.184. The van der Waals surface area contributed by atoms with Gasteiger partial charge in [0.15, 0.2) is 5.17 Å². The van der Waals surface area contributed by atoms with Crippen LogP contribution >= 0.6 is 23.1 Å². The summed E-state index contributed by atoms with van der Waals surface area (Å²) in [6, 6.07) is 21.4. The maximum atomic E-state index is 13.8. The number of esters is 1. The van der Waals surface area contributed by atoms with Crippen molar-refractivity contribution in [3.63, 3.8) is 0 Å². The van der Waals surface area contributed by atoms with Crippen molar-refractivity contribution in [1.29, 1.82) is 0 Å². The fourth-order valence-electron chi connectivity index (χ4n) is 5.38. The van der Waals surface area contributed by atoms with Gasteiger partial charge < -0.3 is 9.30 Å². The number of methoxy groups -OCH3 is 1. The Kier molecular flexibility index (Phi) is 7.21. The number of nitrogens with zero attached hydrogens (tertiary/aromatic N) is 3. The van der Waals surface area contributed by atoms with Crippen molar-refractivity contribution in [2.24, 2.45) is 4.99 Å². The topological polar surface area (TPSA) is 63.9 Å². The molecule has 0 bridgehead atoms. The highest BCUT2D eigenvalue weighted by Gasteiger charge is 2.35. The lowest BCUT2D eigenvalue weighted by Crippen LogP contribution is -2.28. The minimum absolute atomic E-state index is 0.113. The Bertz CT molecular complexity index is 1670. The molecule has 6 rings (SSSR count). The van der Waals surface area contributed by atoms with E-state index in [0.29, 0.717) is 15.6 Å². The Morgan fingerprint density at radius 1 is 1.00 bits per heavy atom. The highest BCUT2D eigenvalue weighted by Crippen LogP contribution is 2.41. The van der Waals surface area contributed by atoms with Gasteiger partial charge in [0.1, 0.15) is 5.00 Å². The Labute approximate surface area is 242 Å². The van der Waals surface area contributed by atoms with Crippen LogP contribution in [0.4, 0.5) is 11.4 Å². The van der Waals surface area contributed by atoms with Crippen LogP contribution in [0, 0.1) is 13.8 Å². The molecule has 4 aromatic rings. The van der Waals surface area contributed by atoms with Crippen LogP contribution in [0.5, 0.6) is 0 Å². The van der Waals surface area contributed by atoms with Crippen LogP contribution in [-0.4, -0.2) is 28.7 Å². The number of carbonyl (C=O) groups excluding carboxylic acids is 2. The van der Waals surface area contributed by atoms with E-state index in [0.717, 1.165) is 64.6 Å². The molecule has 0 atom stereocenters. The number of aliphatic imine (C=N–C) groups is 1. The number of hydrogen-bond acceptors (Lipinski definition) is 6. The first-order valence-electron chi connectivity index (χ1n) is 13.3. The summed E-state index contributed by atoms with van der Waals surface area (Å²) in [5.74, 6) is -0.402. The van der Waals surface area contributed by atoms with Crippen LogP contribution in [0.2, 0.25) is 0 Å². The molecule has 1 aliphatic carbocycles. The van der Waals surface area contributed by atoms with Gasteiger partial charge in [-0.25, -0.2) is 9.79 Å². The molecule has 0 saturated carbocycles. The van der Waals surface area contributed by atoms with Gasteiger partial charge in [0.05, 0.1) is 29.0 Å². The number of thiophene rings is 1. The lowest BCUT2D eigenvalue weighted by Gasteiger charge is -2.15. The van der Waals surface area contributed by atoms with Gasteiger partial charge in [0.25, 0.3) is 5.91 Å². The Balaban J connectivity index is 1.43. The summed E-state index contributed by atoms with van der Waals surface area (Å²) in [7, 11) is 1.44. The fourth-order valence-corrected chi connectivity index (χ4v) is 7.86. The first kappa shape index (κ1) is 26.3. The van der Waals surface area contributed by atoms with E-state index in [1.807, 2.05) is 80.6 Å². The van der Waals surface area contributed by atoms with E-state index in [2.05, 4.69) is 10.6 Å². The number of para-hydroxylation sites is 2. The molecular weight excluding hydrogens is 539 g/mol. The van der Waals surface area contributed by atoms with E-state index in [1.165, 1.54) is 23.7 Å². The molecule has 202 valence electrons. The van der Waals surface area contributed by atoms with Crippen molar-refractivity contribution in [1.82, 2.24) is 4.57 Å². The number of fused-ring (bicyclic) bond motifs is 1. The average molecular weight is 568 g/mol. The summed E-state index contributed by atoms with van der Waals surface area (Å²) >= 11 is 3.06. The van der Waals surface area contributed by atoms with E-state index in [-0.39, 0.29) is 11.9 Å². The van der Waals surface area contributed by atoms with Gasteiger partial charge in [-0.3, -0.25) is 9.69 Å². The number of rotatable bonds is 5. The molecule has 40 heavy (non-hydrogen) atoms. The number of aryl methyl sites for hydroxylation is 2. The summed E-state index contributed by atoms with van der Waals surface area (Å²) in [4.78, 5) is 35.1. The van der Waals surface area contributed by atoms with E-state index in [9.17, 15) is 9.59 Å². The second-order valence-corrected chi connectivity index (χ2v) is 12.0. The van der Waals surface area contributed by atoms with Crippen molar-refractivity contribution in [3.05, 3.63) is 105 Å². The second-order valence-electron chi connectivity index (χ2n) is 9.86. The predicted molar refractivity (Wildman–Crippen MR) is 164 cm³/mol. The third kappa shape index (κ3) is 4.71. The highest BCUT2D eigenvalue weighted by molar-refractivity contribution is 8.19. The third-order valence-corrected chi connectivity index (χ3v) is 9.55. The molecule has 1 aliphatic heterocycles. The van der Waals surface area contributed by atoms with Gasteiger partial charge in [-0.05, 0) is 98.8 Å². The summed E-state index contributed by atoms with van der Waals surface area (Å²) in [5, 5.41) is 1.52. The molecule has 2 aromatic carbocycles. The Morgan fingerprint density at radius 3 is 2.42 bits per heavy atom. The predicted octanol–water partition coefficient (Wildman–Crippen LogP) is 7.63. The first-order chi connectivity index (χ1) is 19.5. The Morgan fingerprint density at radius 2 is 1.70 bits per heavy atom. The van der Waals surface area contributed by atoms with Crippen LogP contribution in [0.1, 0.15) is 50.6 Å². The third-order valence-electron chi connectivity index (χ3n) is 7.30. The second kappa shape index (κ2) is 10.9. The van der Waals surface area contributed by atoms with Crippen molar-refractivity contribution in [2.75, 3.05) is 12.0 Å². The summed E-state index contributed by atoms with van der Waals surface area (Å²) < 4.78 is 7.36. The van der Waals surface area contributed by atoms with Crippen molar-refractivity contribution in [3.8, 4) is 5.00 Å². The molecule has 0 radical (unpaired) electrons. The zero-order valence-corrected chi connectivity index (χ0v) is 24.3. The van der Waals surface area contributed by atoms with Gasteiger partial charge in [0.2, 0.25) is 0 Å². The highest BCUT2D eigenvalue weighted by atomic mass is 32.2. The molecule has 0 N–H and O–H groups in total. The first-order valence-corrected chi connectivity index (χ1v) is 14.9. The largest absolute Gasteiger partial charge is 0.465 e. The summed E-state index contributed by atoms with van der Waals surface area (Å²) in [6.45, 7) is 4.08. The molecule has 0 spiro atoms. The monoisotopic (exact) mass is 567 g/mol. The molecule has 1 saturated heterocycles. The number of amidine groups is 1. The average Bonchev–Trinajstić information content (AvgIpc) is 3.59.